The number of amidine groups is 1. The number of nitrogens with two attached hydrogens (primary N) is 1. The van der Waals surface area contributed by atoms with Gasteiger partial charge in [0.2, 0.25) is 0 Å². The van der Waals surface area contributed by atoms with Crippen LogP contribution in [0.15, 0.2) is 75.5 Å². The summed E-state index contributed by atoms with van der Waals surface area (Å²) in [6.07, 6.45) is 0. The fourth-order valence-corrected chi connectivity index (χ4v) is 4.79. The summed E-state index contributed by atoms with van der Waals surface area (Å²) < 4.78 is 5.55. The lowest BCUT2D eigenvalue weighted by atomic mass is 9.93. The summed E-state index contributed by atoms with van der Waals surface area (Å²) in [5, 5.41) is 13.4. The number of allylic oxidation sites excluding steroid dienone is 2. The third-order valence-corrected chi connectivity index (χ3v) is 6.30. The molecule has 2 aromatic carbocycles. The predicted octanol–water partition coefficient (Wildman–Crippen LogP) is 4.76. The molecule has 4 rings (SSSR count). The van der Waals surface area contributed by atoms with Gasteiger partial charge in [-0.2, -0.15) is 5.26 Å². The number of rotatable bonds is 5. The second-order valence-electron chi connectivity index (χ2n) is 7.04. The summed E-state index contributed by atoms with van der Waals surface area (Å²) in [7, 11) is 0. The number of anilines is 1. The lowest BCUT2D eigenvalue weighted by Gasteiger charge is -2.35. The molecule has 0 saturated carbocycles. The van der Waals surface area contributed by atoms with Crippen molar-refractivity contribution in [1.29, 1.82) is 5.26 Å². The number of amides is 1. The highest BCUT2D eigenvalue weighted by Crippen LogP contribution is 2.46. The van der Waals surface area contributed by atoms with Crippen LogP contribution in [-0.2, 0) is 4.79 Å². The van der Waals surface area contributed by atoms with E-state index in [4.69, 9.17) is 22.1 Å². The first-order valence-corrected chi connectivity index (χ1v) is 11.1. The first kappa shape index (κ1) is 21.8. The molecule has 2 aliphatic heterocycles. The van der Waals surface area contributed by atoms with Crippen LogP contribution in [0.5, 0.6) is 5.75 Å². The maximum Gasteiger partial charge on any atom is 0.255 e. The Bertz CT molecular complexity index is 1220. The van der Waals surface area contributed by atoms with Crippen LogP contribution in [-0.4, -0.2) is 22.6 Å². The number of carbonyl (C=O) groups is 1. The van der Waals surface area contributed by atoms with Crippen molar-refractivity contribution in [2.75, 3.05) is 11.9 Å². The molecule has 32 heavy (non-hydrogen) atoms. The molecule has 2 heterocycles. The van der Waals surface area contributed by atoms with Crippen LogP contribution in [0.1, 0.15) is 25.5 Å². The van der Waals surface area contributed by atoms with Gasteiger partial charge in [-0.15, -0.1) is 0 Å². The number of hydrogen-bond acceptors (Lipinski definition) is 7. The van der Waals surface area contributed by atoms with E-state index < -0.39 is 6.04 Å². The Morgan fingerprint density at radius 3 is 2.75 bits per heavy atom. The molecule has 0 unspecified atom stereocenters. The van der Waals surface area contributed by atoms with Gasteiger partial charge in [0, 0.05) is 5.69 Å². The number of benzene rings is 2. The molecular weight excluding hydrogens is 446 g/mol. The van der Waals surface area contributed by atoms with Crippen LogP contribution >= 0.6 is 23.4 Å². The van der Waals surface area contributed by atoms with E-state index in [-0.39, 0.29) is 11.7 Å². The summed E-state index contributed by atoms with van der Waals surface area (Å²) in [4.78, 5) is 20.0. The largest absolute Gasteiger partial charge is 0.492 e. The quantitative estimate of drug-likeness (QED) is 0.659. The molecule has 0 saturated heterocycles. The Hall–Kier alpha value is -3.41. The Morgan fingerprint density at radius 2 is 2.09 bits per heavy atom. The smallest absolute Gasteiger partial charge is 0.255 e. The second kappa shape index (κ2) is 8.99. The van der Waals surface area contributed by atoms with Crippen LogP contribution in [0.25, 0.3) is 0 Å². The minimum Gasteiger partial charge on any atom is -0.492 e. The van der Waals surface area contributed by atoms with Gasteiger partial charge in [0.15, 0.2) is 5.17 Å². The average Bonchev–Trinajstić information content (AvgIpc) is 3.10. The number of para-hydroxylation sites is 1. The molecule has 2 aliphatic rings. The number of halogens is 1. The number of ether oxygens (including phenoxy) is 1. The minimum atomic E-state index is -0.613. The van der Waals surface area contributed by atoms with Crippen molar-refractivity contribution in [1.82, 2.24) is 4.90 Å². The van der Waals surface area contributed by atoms with E-state index >= 15 is 0 Å². The van der Waals surface area contributed by atoms with E-state index in [1.54, 1.807) is 24.0 Å². The molecule has 0 fully saturated rings. The number of nitrogens with zero attached hydrogens (tertiary/aromatic N) is 3. The van der Waals surface area contributed by atoms with Crippen molar-refractivity contribution in [2.24, 2.45) is 10.7 Å². The number of nitrogens with one attached hydrogen (secondary N) is 1. The molecule has 9 heteroatoms. The Morgan fingerprint density at radius 1 is 1.34 bits per heavy atom. The third-order valence-electron chi connectivity index (χ3n) is 5.03. The molecule has 0 spiro atoms. The van der Waals surface area contributed by atoms with Crippen molar-refractivity contribution < 1.29 is 9.53 Å². The number of hydrogen-bond donors (Lipinski definition) is 2. The van der Waals surface area contributed by atoms with Crippen LogP contribution in [0, 0.1) is 11.3 Å². The van der Waals surface area contributed by atoms with E-state index in [9.17, 15) is 10.1 Å². The molecule has 162 valence electrons. The molecular formula is C23H20ClN5O2S. The predicted molar refractivity (Wildman–Crippen MR) is 127 cm³/mol. The number of nitriles is 1. The molecule has 1 atom stereocenters. The van der Waals surface area contributed by atoms with Crippen LogP contribution in [0.4, 0.5) is 5.69 Å². The lowest BCUT2D eigenvalue weighted by Crippen LogP contribution is -2.39. The molecule has 1 amide bonds. The zero-order valence-electron chi connectivity index (χ0n) is 17.4. The van der Waals surface area contributed by atoms with Gasteiger partial charge in [0.25, 0.3) is 5.91 Å². The summed E-state index contributed by atoms with van der Waals surface area (Å²) in [6, 6.07) is 16.0. The molecule has 2 aromatic rings. The average molecular weight is 466 g/mol. The zero-order chi connectivity index (χ0) is 22.8. The summed E-state index contributed by atoms with van der Waals surface area (Å²) >= 11 is 7.65. The van der Waals surface area contributed by atoms with Crippen molar-refractivity contribution in [3.8, 4) is 11.8 Å². The third kappa shape index (κ3) is 3.93. The lowest BCUT2D eigenvalue weighted by molar-refractivity contribution is -0.113. The second-order valence-corrected chi connectivity index (χ2v) is 8.42. The first-order valence-electron chi connectivity index (χ1n) is 9.89. The van der Waals surface area contributed by atoms with Crippen LogP contribution in [0.3, 0.4) is 0 Å². The molecule has 0 aliphatic carbocycles. The Kier molecular flexibility index (Phi) is 6.12. The fourth-order valence-electron chi connectivity index (χ4n) is 3.63. The van der Waals surface area contributed by atoms with E-state index in [1.807, 2.05) is 43.3 Å². The van der Waals surface area contributed by atoms with Crippen molar-refractivity contribution in [3.63, 3.8) is 0 Å². The van der Waals surface area contributed by atoms with Gasteiger partial charge in [-0.3, -0.25) is 9.69 Å². The molecule has 0 bridgehead atoms. The molecule has 7 nitrogen and oxygen atoms in total. The number of fused-ring (bicyclic) bond motifs is 1. The number of carbonyl (C=O) groups excluding carboxylic acids is 1. The minimum absolute atomic E-state index is 0.253. The molecule has 3 N–H and O–H groups in total. The van der Waals surface area contributed by atoms with Gasteiger partial charge in [0.05, 0.1) is 28.9 Å². The van der Waals surface area contributed by atoms with Gasteiger partial charge < -0.3 is 15.8 Å². The Balaban J connectivity index is 1.82. The highest BCUT2D eigenvalue weighted by Gasteiger charge is 2.42. The van der Waals surface area contributed by atoms with Gasteiger partial charge in [0.1, 0.15) is 22.5 Å². The van der Waals surface area contributed by atoms with Crippen LogP contribution in [0.2, 0.25) is 5.02 Å². The summed E-state index contributed by atoms with van der Waals surface area (Å²) in [5.41, 5.74) is 8.66. The van der Waals surface area contributed by atoms with Crippen molar-refractivity contribution in [3.05, 3.63) is 81.1 Å². The monoisotopic (exact) mass is 465 g/mol. The van der Waals surface area contributed by atoms with Crippen molar-refractivity contribution >= 4 is 40.1 Å². The van der Waals surface area contributed by atoms with Gasteiger partial charge >= 0.3 is 0 Å². The van der Waals surface area contributed by atoms with Crippen molar-refractivity contribution in [2.45, 2.75) is 19.9 Å². The molecule has 0 aromatic heterocycles. The normalized spacial score (nSPS) is 17.6. The highest BCUT2D eigenvalue weighted by atomic mass is 35.5. The highest BCUT2D eigenvalue weighted by molar-refractivity contribution is 8.17. The standard InChI is InChI=1S/C23H20ClN5O2S/c1-3-31-17-10-9-14(11-16(17)24)20-19(22(30)28-15-7-5-4-6-8-15)13(2)27-23-29(20)21(26)18(12-25)32-23/h4-11,20H,3,26H2,1-2H3,(H,28,30)/t20-/m1/s1. The van der Waals surface area contributed by atoms with E-state index in [1.165, 1.54) is 11.8 Å². The maximum absolute atomic E-state index is 13.4. The fraction of sp³-hybridized carbons (Fsp3) is 0.174. The summed E-state index contributed by atoms with van der Waals surface area (Å²) in [5.74, 6) is 0.495. The molecule has 0 radical (unpaired) electrons. The van der Waals surface area contributed by atoms with E-state index in [0.717, 1.165) is 5.56 Å². The van der Waals surface area contributed by atoms with Gasteiger partial charge in [-0.05, 0) is 55.4 Å². The van der Waals surface area contributed by atoms with Gasteiger partial charge in [-0.25, -0.2) is 4.99 Å². The Labute approximate surface area is 195 Å². The maximum atomic E-state index is 13.4. The summed E-state index contributed by atoms with van der Waals surface area (Å²) in [6.45, 7) is 4.13. The van der Waals surface area contributed by atoms with E-state index in [2.05, 4.69) is 16.4 Å². The zero-order valence-corrected chi connectivity index (χ0v) is 19.0. The van der Waals surface area contributed by atoms with Gasteiger partial charge in [-0.1, -0.05) is 35.9 Å². The topological polar surface area (TPSA) is 104 Å². The number of aliphatic imine (C=N–C) groups is 1. The first-order chi connectivity index (χ1) is 15.4. The SMILES string of the molecule is CCOc1ccc([C@@H]2C(C(=O)Nc3ccccc3)=C(C)N=C3SC(C#N)=C(N)N32)cc1Cl. The number of thioether (sulfide) groups is 1. The van der Waals surface area contributed by atoms with Crippen LogP contribution < -0.4 is 15.8 Å². The van der Waals surface area contributed by atoms with E-state index in [0.29, 0.717) is 44.4 Å².